The third kappa shape index (κ3) is 5.24. The summed E-state index contributed by atoms with van der Waals surface area (Å²) in [5.41, 5.74) is 7.06. The fourth-order valence-corrected chi connectivity index (χ4v) is 3.64. The highest BCUT2D eigenvalue weighted by molar-refractivity contribution is 8.01. The summed E-state index contributed by atoms with van der Waals surface area (Å²) in [6.45, 7) is 6.32. The molecule has 114 valence electrons. The largest absolute Gasteiger partial charge is 0.327 e. The third-order valence-electron chi connectivity index (χ3n) is 2.86. The lowest BCUT2D eigenvalue weighted by Gasteiger charge is -2.16. The van der Waals surface area contributed by atoms with Crippen LogP contribution in [0.25, 0.3) is 0 Å². The van der Waals surface area contributed by atoms with Crippen LogP contribution in [0, 0.1) is 0 Å². The van der Waals surface area contributed by atoms with Crippen molar-refractivity contribution in [3.8, 4) is 0 Å². The number of amides is 1. The molecule has 1 heterocycles. The molecule has 0 saturated carbocycles. The zero-order chi connectivity index (χ0) is 14.0. The number of thiazole rings is 1. The summed E-state index contributed by atoms with van der Waals surface area (Å²) in [6, 6.07) is 0.243. The molecule has 0 spiro atoms. The van der Waals surface area contributed by atoms with Crippen molar-refractivity contribution >= 4 is 46.5 Å². The topological polar surface area (TPSA) is 68.0 Å². The standard InChI is InChI=1S/C13H21N3OS2.ClH/c1-13(2,3)18-7-11(17)16-12-15-9-5-4-8(14)6-10(9)19-12;/h8H,4-7,14H2,1-3H3,(H,15,16,17);1H/t8-;/m0./s1. The number of aryl methyl sites for hydroxylation is 1. The van der Waals surface area contributed by atoms with Crippen molar-refractivity contribution in [1.29, 1.82) is 0 Å². The Morgan fingerprint density at radius 3 is 2.90 bits per heavy atom. The van der Waals surface area contributed by atoms with Crippen LogP contribution in [-0.2, 0) is 17.6 Å². The van der Waals surface area contributed by atoms with Crippen molar-refractivity contribution in [2.45, 2.75) is 50.8 Å². The van der Waals surface area contributed by atoms with E-state index in [0.29, 0.717) is 5.75 Å². The van der Waals surface area contributed by atoms with Gasteiger partial charge < -0.3 is 11.1 Å². The third-order valence-corrected chi connectivity index (χ3v) is 5.17. The molecule has 1 aliphatic rings. The fraction of sp³-hybridized carbons (Fsp3) is 0.692. The smallest absolute Gasteiger partial charge is 0.236 e. The summed E-state index contributed by atoms with van der Waals surface area (Å²) in [4.78, 5) is 17.6. The number of rotatable bonds is 3. The van der Waals surface area contributed by atoms with Crippen LogP contribution in [0.15, 0.2) is 0 Å². The van der Waals surface area contributed by atoms with Gasteiger partial charge in [-0.2, -0.15) is 0 Å². The maximum atomic E-state index is 11.8. The molecule has 1 aromatic heterocycles. The quantitative estimate of drug-likeness (QED) is 0.891. The Labute approximate surface area is 134 Å². The molecule has 7 heteroatoms. The second-order valence-electron chi connectivity index (χ2n) is 5.84. The van der Waals surface area contributed by atoms with Gasteiger partial charge in [0.05, 0.1) is 11.4 Å². The Bertz CT molecular complexity index is 471. The van der Waals surface area contributed by atoms with Gasteiger partial charge >= 0.3 is 0 Å². The number of carbonyl (C=O) groups is 1. The first-order valence-corrected chi connectivity index (χ1v) is 8.31. The zero-order valence-electron chi connectivity index (χ0n) is 12.1. The van der Waals surface area contributed by atoms with E-state index in [9.17, 15) is 4.79 Å². The number of hydrogen-bond acceptors (Lipinski definition) is 5. The molecule has 0 aliphatic heterocycles. The lowest BCUT2D eigenvalue weighted by Crippen LogP contribution is -2.27. The summed E-state index contributed by atoms with van der Waals surface area (Å²) < 4.78 is 0.103. The van der Waals surface area contributed by atoms with Crippen molar-refractivity contribution in [1.82, 2.24) is 4.98 Å². The molecule has 0 radical (unpaired) electrons. The van der Waals surface area contributed by atoms with Gasteiger partial charge in [0, 0.05) is 15.7 Å². The lowest BCUT2D eigenvalue weighted by molar-refractivity contribution is -0.113. The van der Waals surface area contributed by atoms with E-state index in [0.717, 1.165) is 30.1 Å². The van der Waals surface area contributed by atoms with E-state index in [1.54, 1.807) is 23.1 Å². The van der Waals surface area contributed by atoms with Gasteiger partial charge in [0.1, 0.15) is 0 Å². The number of fused-ring (bicyclic) bond motifs is 1. The molecule has 0 unspecified atom stereocenters. The maximum absolute atomic E-state index is 11.8. The molecule has 2 rings (SSSR count). The Kier molecular flexibility index (Phi) is 6.31. The summed E-state index contributed by atoms with van der Waals surface area (Å²) in [6.07, 6.45) is 2.81. The first-order chi connectivity index (χ1) is 8.83. The predicted molar refractivity (Wildman–Crippen MR) is 90.2 cm³/mol. The van der Waals surface area contributed by atoms with Gasteiger partial charge in [-0.3, -0.25) is 4.79 Å². The number of anilines is 1. The molecule has 1 aliphatic carbocycles. The molecule has 3 N–H and O–H groups in total. The highest BCUT2D eigenvalue weighted by Gasteiger charge is 2.21. The molecule has 0 bridgehead atoms. The molecular weight excluding hydrogens is 314 g/mol. The monoisotopic (exact) mass is 335 g/mol. The molecule has 1 atom stereocenters. The summed E-state index contributed by atoms with van der Waals surface area (Å²) in [7, 11) is 0. The van der Waals surface area contributed by atoms with Crippen LogP contribution in [0.1, 0.15) is 37.8 Å². The summed E-state index contributed by atoms with van der Waals surface area (Å²) in [5.74, 6) is 0.489. The number of thioether (sulfide) groups is 1. The van der Waals surface area contributed by atoms with Crippen LogP contribution < -0.4 is 11.1 Å². The number of carbonyl (C=O) groups excluding carboxylic acids is 1. The first-order valence-electron chi connectivity index (χ1n) is 6.51. The minimum atomic E-state index is 0. The molecule has 20 heavy (non-hydrogen) atoms. The highest BCUT2D eigenvalue weighted by atomic mass is 35.5. The number of nitrogens with two attached hydrogens (primary N) is 1. The number of nitrogens with zero attached hydrogens (tertiary/aromatic N) is 1. The Balaban J connectivity index is 0.00000200. The number of nitrogens with one attached hydrogen (secondary N) is 1. The van der Waals surface area contributed by atoms with Gasteiger partial charge in [0.15, 0.2) is 5.13 Å². The lowest BCUT2D eigenvalue weighted by atomic mass is 9.99. The average Bonchev–Trinajstić information content (AvgIpc) is 2.66. The number of aromatic nitrogens is 1. The van der Waals surface area contributed by atoms with Gasteiger partial charge in [0.25, 0.3) is 0 Å². The van der Waals surface area contributed by atoms with E-state index in [4.69, 9.17) is 5.73 Å². The Hall–Kier alpha value is -0.300. The van der Waals surface area contributed by atoms with Crippen LogP contribution in [0.2, 0.25) is 0 Å². The van der Waals surface area contributed by atoms with Gasteiger partial charge in [-0.25, -0.2) is 4.98 Å². The van der Waals surface area contributed by atoms with Crippen molar-refractivity contribution in [3.05, 3.63) is 10.6 Å². The van der Waals surface area contributed by atoms with Gasteiger partial charge in [-0.1, -0.05) is 20.8 Å². The van der Waals surface area contributed by atoms with E-state index in [-0.39, 0.29) is 29.1 Å². The second kappa shape index (κ2) is 7.11. The first kappa shape index (κ1) is 17.8. The number of halogens is 1. The zero-order valence-corrected chi connectivity index (χ0v) is 14.5. The molecule has 4 nitrogen and oxygen atoms in total. The van der Waals surface area contributed by atoms with Crippen molar-refractivity contribution in [2.24, 2.45) is 5.73 Å². The molecule has 0 saturated heterocycles. The van der Waals surface area contributed by atoms with Crippen LogP contribution in [-0.4, -0.2) is 27.4 Å². The van der Waals surface area contributed by atoms with Gasteiger partial charge in [-0.05, 0) is 19.3 Å². The molecule has 1 aromatic rings. The second-order valence-corrected chi connectivity index (χ2v) is 8.73. The SMILES string of the molecule is CC(C)(C)SCC(=O)Nc1nc2c(s1)C[C@@H](N)CC2.Cl. The van der Waals surface area contributed by atoms with E-state index in [1.807, 2.05) is 0 Å². The summed E-state index contributed by atoms with van der Waals surface area (Å²) >= 11 is 3.21. The van der Waals surface area contributed by atoms with E-state index >= 15 is 0 Å². The van der Waals surface area contributed by atoms with Crippen LogP contribution in [0.3, 0.4) is 0 Å². The molecule has 1 amide bonds. The Morgan fingerprint density at radius 2 is 2.25 bits per heavy atom. The average molecular weight is 336 g/mol. The van der Waals surface area contributed by atoms with Crippen molar-refractivity contribution in [2.75, 3.05) is 11.1 Å². The van der Waals surface area contributed by atoms with Crippen molar-refractivity contribution < 1.29 is 4.79 Å². The van der Waals surface area contributed by atoms with Gasteiger partial charge in [0.2, 0.25) is 5.91 Å². The van der Waals surface area contributed by atoms with Crippen LogP contribution in [0.4, 0.5) is 5.13 Å². The normalized spacial score (nSPS) is 18.1. The fourth-order valence-electron chi connectivity index (χ4n) is 1.89. The van der Waals surface area contributed by atoms with Crippen LogP contribution >= 0.6 is 35.5 Å². The van der Waals surface area contributed by atoms with E-state index in [2.05, 4.69) is 31.1 Å². The minimum Gasteiger partial charge on any atom is -0.327 e. The molecular formula is C13H22ClN3OS2. The van der Waals surface area contributed by atoms with Crippen molar-refractivity contribution in [3.63, 3.8) is 0 Å². The van der Waals surface area contributed by atoms with Gasteiger partial charge in [-0.15, -0.1) is 35.5 Å². The summed E-state index contributed by atoms with van der Waals surface area (Å²) in [5, 5.41) is 3.61. The van der Waals surface area contributed by atoms with Crippen LogP contribution in [0.5, 0.6) is 0 Å². The van der Waals surface area contributed by atoms with E-state index in [1.165, 1.54) is 4.88 Å². The minimum absolute atomic E-state index is 0. The Morgan fingerprint density at radius 1 is 1.55 bits per heavy atom. The predicted octanol–water partition coefficient (Wildman–Crippen LogP) is 2.85. The molecule has 0 aromatic carbocycles. The van der Waals surface area contributed by atoms with E-state index < -0.39 is 0 Å². The maximum Gasteiger partial charge on any atom is 0.236 e. The number of hydrogen-bond donors (Lipinski definition) is 2. The molecule has 0 fully saturated rings. The highest BCUT2D eigenvalue weighted by Crippen LogP contribution is 2.29.